The van der Waals surface area contributed by atoms with Crippen LogP contribution in [0.2, 0.25) is 5.02 Å². The first-order valence-electron chi connectivity index (χ1n) is 7.67. The Balaban J connectivity index is 2.01. The van der Waals surface area contributed by atoms with Crippen molar-refractivity contribution in [3.63, 3.8) is 0 Å². The van der Waals surface area contributed by atoms with Crippen LogP contribution in [0.4, 0.5) is 8.78 Å². The number of rotatable bonds is 3. The molecular formula is C20H13ClF2O2. The summed E-state index contributed by atoms with van der Waals surface area (Å²) in [5.41, 5.74) is 0.898. The van der Waals surface area contributed by atoms with Crippen LogP contribution in [0.15, 0.2) is 36.4 Å². The monoisotopic (exact) mass is 358 g/mol. The predicted octanol–water partition coefficient (Wildman–Crippen LogP) is 4.55. The highest BCUT2D eigenvalue weighted by Crippen LogP contribution is 2.40. The van der Waals surface area contributed by atoms with Crippen LogP contribution in [0.5, 0.6) is 0 Å². The van der Waals surface area contributed by atoms with Gasteiger partial charge in [0.2, 0.25) is 0 Å². The predicted molar refractivity (Wildman–Crippen MR) is 91.1 cm³/mol. The number of Topliss-reactive ketones (excluding diaryl/α,β-unsaturated/α-hetero) is 2. The lowest BCUT2D eigenvalue weighted by atomic mass is 9.91. The molecule has 2 aromatic carbocycles. The average Bonchev–Trinajstić information content (AvgIpc) is 2.83. The molecule has 1 aliphatic carbocycles. The van der Waals surface area contributed by atoms with Gasteiger partial charge >= 0.3 is 0 Å². The van der Waals surface area contributed by atoms with Crippen LogP contribution in [-0.4, -0.2) is 11.6 Å². The minimum atomic E-state index is -1.21. The van der Waals surface area contributed by atoms with Gasteiger partial charge in [-0.05, 0) is 35.4 Å². The molecule has 0 spiro atoms. The molecule has 0 aromatic heterocycles. The van der Waals surface area contributed by atoms with Gasteiger partial charge in [-0.25, -0.2) is 8.78 Å². The molecule has 1 saturated carbocycles. The smallest absolute Gasteiger partial charge is 0.152 e. The Labute approximate surface area is 148 Å². The molecule has 2 aromatic rings. The molecule has 2 atom stereocenters. The summed E-state index contributed by atoms with van der Waals surface area (Å²) in [6, 6.07) is 8.17. The third kappa shape index (κ3) is 3.20. The molecule has 2 unspecified atom stereocenters. The molecule has 0 amide bonds. The number of hydrogen-bond acceptors (Lipinski definition) is 2. The van der Waals surface area contributed by atoms with E-state index in [1.165, 1.54) is 36.4 Å². The molecule has 1 fully saturated rings. The molecule has 0 saturated heterocycles. The summed E-state index contributed by atoms with van der Waals surface area (Å²) in [5.74, 6) is -1.35. The highest BCUT2D eigenvalue weighted by molar-refractivity contribution is 6.33. The minimum Gasteiger partial charge on any atom is -0.298 e. The van der Waals surface area contributed by atoms with Gasteiger partial charge in [-0.2, -0.15) is 0 Å². The highest BCUT2D eigenvalue weighted by atomic mass is 35.5. The summed E-state index contributed by atoms with van der Waals surface area (Å²) in [7, 11) is 0. The Morgan fingerprint density at radius 2 is 1.80 bits per heavy atom. The van der Waals surface area contributed by atoms with E-state index in [0.717, 1.165) is 0 Å². The first-order chi connectivity index (χ1) is 11.9. The van der Waals surface area contributed by atoms with E-state index >= 15 is 0 Å². The topological polar surface area (TPSA) is 34.1 Å². The van der Waals surface area contributed by atoms with Crippen LogP contribution < -0.4 is 0 Å². The SMILES string of the molecule is C#CCC1CC(=O)C(c2c(F)cc(-c3ccc(F)cc3)cc2Cl)C1=O. The summed E-state index contributed by atoms with van der Waals surface area (Å²) in [6.07, 6.45) is 5.36. The fourth-order valence-corrected chi connectivity index (χ4v) is 3.46. The second kappa shape index (κ2) is 6.78. The Bertz CT molecular complexity index is 874. The van der Waals surface area contributed by atoms with Crippen LogP contribution >= 0.6 is 11.6 Å². The van der Waals surface area contributed by atoms with Crippen molar-refractivity contribution in [3.05, 3.63) is 58.6 Å². The molecule has 0 bridgehead atoms. The van der Waals surface area contributed by atoms with Crippen molar-refractivity contribution in [2.45, 2.75) is 18.8 Å². The van der Waals surface area contributed by atoms with Crippen LogP contribution in [0, 0.1) is 29.9 Å². The van der Waals surface area contributed by atoms with Gasteiger partial charge in [-0.15, -0.1) is 12.3 Å². The van der Waals surface area contributed by atoms with Crippen molar-refractivity contribution in [2.24, 2.45) is 5.92 Å². The molecule has 0 heterocycles. The minimum absolute atomic E-state index is 0.00316. The van der Waals surface area contributed by atoms with Crippen molar-refractivity contribution in [3.8, 4) is 23.5 Å². The van der Waals surface area contributed by atoms with Gasteiger partial charge in [0.15, 0.2) is 5.78 Å². The number of benzene rings is 2. The number of ketones is 2. The second-order valence-corrected chi connectivity index (χ2v) is 6.38. The molecule has 0 aliphatic heterocycles. The van der Waals surface area contributed by atoms with E-state index in [1.807, 2.05) is 0 Å². The van der Waals surface area contributed by atoms with Gasteiger partial charge in [0.25, 0.3) is 0 Å². The highest BCUT2D eigenvalue weighted by Gasteiger charge is 2.43. The molecule has 25 heavy (non-hydrogen) atoms. The Hall–Kier alpha value is -2.51. The van der Waals surface area contributed by atoms with E-state index in [9.17, 15) is 18.4 Å². The summed E-state index contributed by atoms with van der Waals surface area (Å²) in [5, 5.41) is -0.00705. The summed E-state index contributed by atoms with van der Waals surface area (Å²) >= 11 is 6.19. The fraction of sp³-hybridized carbons (Fsp3) is 0.200. The molecule has 0 radical (unpaired) electrons. The molecule has 2 nitrogen and oxygen atoms in total. The van der Waals surface area contributed by atoms with Crippen LogP contribution in [0.1, 0.15) is 24.3 Å². The first-order valence-corrected chi connectivity index (χ1v) is 8.05. The van der Waals surface area contributed by atoms with Crippen LogP contribution in [-0.2, 0) is 9.59 Å². The molecule has 0 N–H and O–H groups in total. The second-order valence-electron chi connectivity index (χ2n) is 5.97. The van der Waals surface area contributed by atoms with E-state index in [-0.39, 0.29) is 29.2 Å². The number of carbonyl (C=O) groups is 2. The van der Waals surface area contributed by atoms with E-state index in [4.69, 9.17) is 18.0 Å². The van der Waals surface area contributed by atoms with E-state index in [2.05, 4.69) is 5.92 Å². The summed E-state index contributed by atoms with van der Waals surface area (Å²) in [6.45, 7) is 0. The van der Waals surface area contributed by atoms with Crippen molar-refractivity contribution >= 4 is 23.2 Å². The van der Waals surface area contributed by atoms with Crippen molar-refractivity contribution < 1.29 is 18.4 Å². The maximum Gasteiger partial charge on any atom is 0.152 e. The maximum absolute atomic E-state index is 14.7. The van der Waals surface area contributed by atoms with E-state index in [1.54, 1.807) is 0 Å². The first kappa shape index (κ1) is 17.3. The lowest BCUT2D eigenvalue weighted by Crippen LogP contribution is -2.17. The van der Waals surface area contributed by atoms with Crippen molar-refractivity contribution in [2.75, 3.05) is 0 Å². The maximum atomic E-state index is 14.7. The normalized spacial score (nSPS) is 19.9. The third-order valence-corrected chi connectivity index (χ3v) is 4.68. The van der Waals surface area contributed by atoms with Crippen LogP contribution in [0.3, 0.4) is 0 Å². The number of carbonyl (C=O) groups excluding carboxylic acids is 2. The van der Waals surface area contributed by atoms with Gasteiger partial charge in [0.1, 0.15) is 23.3 Å². The molecule has 1 aliphatic rings. The number of terminal acetylenes is 1. The molecule has 3 rings (SSSR count). The van der Waals surface area contributed by atoms with Gasteiger partial charge in [-0.3, -0.25) is 9.59 Å². The van der Waals surface area contributed by atoms with Gasteiger partial charge in [-0.1, -0.05) is 23.7 Å². The molecule has 126 valence electrons. The number of halogens is 3. The standard InChI is InChI=1S/C20H13ClF2O2/c1-2-3-12-10-17(24)19(20(12)25)18-15(21)8-13(9-16(18)23)11-4-6-14(22)7-5-11/h1,4-9,12,19H,3,10H2. The Morgan fingerprint density at radius 1 is 1.12 bits per heavy atom. The Kier molecular flexibility index (Phi) is 4.69. The zero-order valence-electron chi connectivity index (χ0n) is 13.1. The van der Waals surface area contributed by atoms with Crippen LogP contribution in [0.25, 0.3) is 11.1 Å². The lowest BCUT2D eigenvalue weighted by Gasteiger charge is -2.14. The third-order valence-electron chi connectivity index (χ3n) is 4.37. The van der Waals surface area contributed by atoms with E-state index < -0.39 is 29.3 Å². The largest absolute Gasteiger partial charge is 0.298 e. The average molecular weight is 359 g/mol. The van der Waals surface area contributed by atoms with Gasteiger partial charge < -0.3 is 0 Å². The molecular weight excluding hydrogens is 346 g/mol. The quantitative estimate of drug-likeness (QED) is 0.596. The lowest BCUT2D eigenvalue weighted by molar-refractivity contribution is -0.124. The fourth-order valence-electron chi connectivity index (χ4n) is 3.14. The van der Waals surface area contributed by atoms with Crippen molar-refractivity contribution in [1.82, 2.24) is 0 Å². The van der Waals surface area contributed by atoms with Gasteiger partial charge in [0, 0.05) is 29.3 Å². The zero-order chi connectivity index (χ0) is 18.1. The summed E-state index contributed by atoms with van der Waals surface area (Å²) in [4.78, 5) is 24.6. The van der Waals surface area contributed by atoms with Gasteiger partial charge in [0.05, 0.1) is 0 Å². The number of hydrogen-bond donors (Lipinski definition) is 0. The summed E-state index contributed by atoms with van der Waals surface area (Å²) < 4.78 is 27.7. The molecule has 5 heteroatoms. The van der Waals surface area contributed by atoms with E-state index in [0.29, 0.717) is 11.1 Å². The zero-order valence-corrected chi connectivity index (χ0v) is 13.8. The Morgan fingerprint density at radius 3 is 2.40 bits per heavy atom. The van der Waals surface area contributed by atoms with Crippen molar-refractivity contribution in [1.29, 1.82) is 0 Å².